The molecule has 30 heavy (non-hydrogen) atoms. The number of nitrogens with zero attached hydrogens (tertiary/aromatic N) is 4. The lowest BCUT2D eigenvalue weighted by Crippen LogP contribution is -2.47. The molecular weight excluding hydrogens is 508 g/mol. The van der Waals surface area contributed by atoms with Crippen molar-refractivity contribution in [3.05, 3.63) is 59.5 Å². The van der Waals surface area contributed by atoms with E-state index in [4.69, 9.17) is 0 Å². The molecule has 1 aliphatic heterocycles. The summed E-state index contributed by atoms with van der Waals surface area (Å²) in [5, 5.41) is 0. The third-order valence-electron chi connectivity index (χ3n) is 5.09. The molecule has 3 aromatic rings. The van der Waals surface area contributed by atoms with Gasteiger partial charge in [-0.3, -0.25) is 4.79 Å². The first-order valence-corrected chi connectivity index (χ1v) is 10.4. The van der Waals surface area contributed by atoms with Gasteiger partial charge in [0.15, 0.2) is 0 Å². The average Bonchev–Trinajstić information content (AvgIpc) is 2.72. The molecule has 5 nitrogen and oxygen atoms in total. The molecular formula is C21H18F3IN4O. The van der Waals surface area contributed by atoms with Crippen LogP contribution in [0, 0.1) is 5.82 Å². The van der Waals surface area contributed by atoms with Gasteiger partial charge in [-0.15, -0.1) is 0 Å². The smallest absolute Gasteiger partial charge is 0.336 e. The Hall–Kier alpha value is -2.27. The maximum atomic E-state index is 14.3. The number of likely N-dealkylation sites (N-methyl/N-ethyl adjacent to an activating group) is 1. The second kappa shape index (κ2) is 8.10. The summed E-state index contributed by atoms with van der Waals surface area (Å²) >= 11 is 1.00. The molecule has 0 saturated carbocycles. The zero-order valence-electron chi connectivity index (χ0n) is 16.1. The summed E-state index contributed by atoms with van der Waals surface area (Å²) in [6.45, 7) is 2.79. The Labute approximate surface area is 185 Å². The molecule has 0 aliphatic carbocycles. The highest BCUT2D eigenvalue weighted by molar-refractivity contribution is 14.1. The van der Waals surface area contributed by atoms with Gasteiger partial charge in [-0.25, -0.2) is 14.4 Å². The van der Waals surface area contributed by atoms with Crippen molar-refractivity contribution in [3.63, 3.8) is 0 Å². The van der Waals surface area contributed by atoms with Gasteiger partial charge < -0.3 is 9.80 Å². The number of rotatable bonds is 3. The molecule has 0 atom stereocenters. The van der Waals surface area contributed by atoms with Crippen molar-refractivity contribution >= 4 is 39.5 Å². The normalized spacial score (nSPS) is 15.6. The van der Waals surface area contributed by atoms with E-state index in [9.17, 15) is 18.0 Å². The largest absolute Gasteiger partial charge is 0.340 e. The Morgan fingerprint density at radius 2 is 1.67 bits per heavy atom. The molecule has 1 fully saturated rings. The van der Waals surface area contributed by atoms with Gasteiger partial charge in [-0.2, -0.15) is 8.78 Å². The molecule has 4 rings (SSSR count). The van der Waals surface area contributed by atoms with E-state index < -0.39 is 15.4 Å². The summed E-state index contributed by atoms with van der Waals surface area (Å²) in [6, 6.07) is 9.90. The first-order valence-electron chi connectivity index (χ1n) is 9.35. The summed E-state index contributed by atoms with van der Waals surface area (Å²) < 4.78 is 38.6. The SMILES string of the molecule is CN1CCN(C(=O)c2ccc3nc(-c4ccc(F)cc4)c(C(F)(F)I)nc3c2)CC1. The second-order valence-electron chi connectivity index (χ2n) is 7.22. The Bertz CT molecular complexity index is 1090. The highest BCUT2D eigenvalue weighted by Crippen LogP contribution is 2.39. The van der Waals surface area contributed by atoms with Gasteiger partial charge >= 0.3 is 3.93 Å². The number of piperazine rings is 1. The summed E-state index contributed by atoms with van der Waals surface area (Å²) in [5.74, 6) is -0.625. The molecule has 1 saturated heterocycles. The van der Waals surface area contributed by atoms with Crippen molar-refractivity contribution < 1.29 is 18.0 Å². The number of carbonyl (C=O) groups is 1. The van der Waals surface area contributed by atoms with Crippen molar-refractivity contribution in [2.45, 2.75) is 3.93 Å². The van der Waals surface area contributed by atoms with Gasteiger partial charge in [0.1, 0.15) is 11.5 Å². The number of halogens is 4. The van der Waals surface area contributed by atoms with Crippen molar-refractivity contribution in [2.24, 2.45) is 0 Å². The lowest BCUT2D eigenvalue weighted by molar-refractivity contribution is 0.0664. The maximum Gasteiger partial charge on any atom is 0.340 e. The zero-order valence-corrected chi connectivity index (χ0v) is 18.2. The lowest BCUT2D eigenvalue weighted by atomic mass is 10.1. The van der Waals surface area contributed by atoms with Crippen LogP contribution in [0.25, 0.3) is 22.3 Å². The Balaban J connectivity index is 1.76. The van der Waals surface area contributed by atoms with E-state index >= 15 is 0 Å². The van der Waals surface area contributed by atoms with E-state index in [1.807, 2.05) is 7.05 Å². The van der Waals surface area contributed by atoms with Crippen LogP contribution in [0.1, 0.15) is 16.1 Å². The standard InChI is InChI=1S/C21H18F3IN4O/c1-28-8-10-29(11-9-28)20(30)14-4-7-16-17(12-14)27-19(21(23,24)25)18(26-16)13-2-5-15(22)6-3-13/h2-7,12H,8-11H2,1H3. The van der Waals surface area contributed by atoms with Crippen LogP contribution >= 0.6 is 22.6 Å². The molecule has 156 valence electrons. The number of alkyl halides is 3. The molecule has 0 N–H and O–H groups in total. The van der Waals surface area contributed by atoms with Crippen molar-refractivity contribution in [3.8, 4) is 11.3 Å². The highest BCUT2D eigenvalue weighted by Gasteiger charge is 2.34. The number of carbonyl (C=O) groups excluding carboxylic acids is 1. The van der Waals surface area contributed by atoms with Crippen molar-refractivity contribution in [2.75, 3.05) is 33.2 Å². The van der Waals surface area contributed by atoms with E-state index in [1.165, 1.54) is 30.3 Å². The summed E-state index contributed by atoms with van der Waals surface area (Å²) in [7, 11) is 2.00. The number of hydrogen-bond donors (Lipinski definition) is 0. The molecule has 0 unspecified atom stereocenters. The first-order chi connectivity index (χ1) is 14.2. The molecule has 2 heterocycles. The molecule has 9 heteroatoms. The quantitative estimate of drug-likeness (QED) is 0.377. The monoisotopic (exact) mass is 526 g/mol. The highest BCUT2D eigenvalue weighted by atomic mass is 127. The fraction of sp³-hybridized carbons (Fsp3) is 0.286. The van der Waals surface area contributed by atoms with Crippen LogP contribution in [-0.4, -0.2) is 58.9 Å². The van der Waals surface area contributed by atoms with Crippen LogP contribution in [0.3, 0.4) is 0 Å². The minimum atomic E-state index is -3.29. The zero-order chi connectivity index (χ0) is 21.5. The molecule has 1 amide bonds. The maximum absolute atomic E-state index is 14.3. The fourth-order valence-corrected chi connectivity index (χ4v) is 3.76. The van der Waals surface area contributed by atoms with Crippen LogP contribution in [0.2, 0.25) is 0 Å². The number of amides is 1. The van der Waals surface area contributed by atoms with Gasteiger partial charge in [0, 0.05) is 59.9 Å². The summed E-state index contributed by atoms with van der Waals surface area (Å²) in [6.07, 6.45) is 0. The Morgan fingerprint density at radius 3 is 2.30 bits per heavy atom. The van der Waals surface area contributed by atoms with Gasteiger partial charge in [0.05, 0.1) is 16.7 Å². The molecule has 1 aromatic heterocycles. The third-order valence-corrected chi connectivity index (χ3v) is 5.60. The van der Waals surface area contributed by atoms with Gasteiger partial charge in [0.2, 0.25) is 0 Å². The third kappa shape index (κ3) is 4.27. The number of hydrogen-bond acceptors (Lipinski definition) is 4. The van der Waals surface area contributed by atoms with Crippen LogP contribution < -0.4 is 0 Å². The minimum absolute atomic E-state index is 0.0138. The van der Waals surface area contributed by atoms with E-state index in [2.05, 4.69) is 14.9 Å². The Kier molecular flexibility index (Phi) is 5.67. The summed E-state index contributed by atoms with van der Waals surface area (Å²) in [5.41, 5.74) is 0.792. The molecule has 2 aromatic carbocycles. The minimum Gasteiger partial charge on any atom is -0.336 e. The molecule has 1 aliphatic rings. The fourth-order valence-electron chi connectivity index (χ4n) is 3.39. The topological polar surface area (TPSA) is 49.3 Å². The number of benzene rings is 2. The Morgan fingerprint density at radius 1 is 1.00 bits per heavy atom. The summed E-state index contributed by atoms with van der Waals surface area (Å²) in [4.78, 5) is 25.2. The average molecular weight is 526 g/mol. The van der Waals surface area contributed by atoms with Crippen LogP contribution in [0.5, 0.6) is 0 Å². The molecule has 0 spiro atoms. The first kappa shape index (κ1) is 21.0. The van der Waals surface area contributed by atoms with Crippen molar-refractivity contribution in [1.82, 2.24) is 19.8 Å². The van der Waals surface area contributed by atoms with E-state index in [0.29, 0.717) is 29.7 Å². The predicted octanol–water partition coefficient (Wildman–Crippen LogP) is 4.31. The number of fused-ring (bicyclic) bond motifs is 1. The van der Waals surface area contributed by atoms with E-state index in [1.54, 1.807) is 17.0 Å². The van der Waals surface area contributed by atoms with Crippen LogP contribution in [-0.2, 0) is 3.93 Å². The van der Waals surface area contributed by atoms with Gasteiger partial charge in [-0.1, -0.05) is 0 Å². The van der Waals surface area contributed by atoms with Crippen LogP contribution in [0.15, 0.2) is 42.5 Å². The predicted molar refractivity (Wildman–Crippen MR) is 116 cm³/mol. The van der Waals surface area contributed by atoms with E-state index in [-0.39, 0.29) is 17.1 Å². The van der Waals surface area contributed by atoms with Crippen LogP contribution in [0.4, 0.5) is 13.2 Å². The molecule has 0 radical (unpaired) electrons. The second-order valence-corrected chi connectivity index (χ2v) is 8.58. The number of aromatic nitrogens is 2. The van der Waals surface area contributed by atoms with E-state index in [0.717, 1.165) is 35.7 Å². The van der Waals surface area contributed by atoms with Gasteiger partial charge in [-0.05, 0) is 49.5 Å². The lowest BCUT2D eigenvalue weighted by Gasteiger charge is -2.32. The van der Waals surface area contributed by atoms with Crippen molar-refractivity contribution in [1.29, 1.82) is 0 Å². The van der Waals surface area contributed by atoms with Gasteiger partial charge in [0.25, 0.3) is 5.91 Å². The molecule has 0 bridgehead atoms.